The lowest BCUT2D eigenvalue weighted by Crippen LogP contribution is -2.20. The Labute approximate surface area is 204 Å². The van der Waals surface area contributed by atoms with Crippen LogP contribution >= 0.6 is 35.6 Å². The van der Waals surface area contributed by atoms with Crippen LogP contribution in [-0.2, 0) is 16.0 Å². The highest BCUT2D eigenvalue weighted by Gasteiger charge is 2.30. The van der Waals surface area contributed by atoms with Crippen molar-refractivity contribution in [2.45, 2.75) is 16.0 Å². The van der Waals surface area contributed by atoms with Crippen LogP contribution in [0.25, 0.3) is 0 Å². The normalized spacial score (nSPS) is 11.8. The van der Waals surface area contributed by atoms with Crippen molar-refractivity contribution in [3.05, 3.63) is 83.4 Å². The average molecular weight is 531 g/mol. The van der Waals surface area contributed by atoms with Gasteiger partial charge in [0.1, 0.15) is 0 Å². The number of hydrogen-bond donors (Lipinski definition) is 2. The number of benzene rings is 3. The van der Waals surface area contributed by atoms with Crippen LogP contribution in [0.15, 0.2) is 82.6 Å². The Kier molecular flexibility index (Phi) is 8.28. The summed E-state index contributed by atoms with van der Waals surface area (Å²) < 4.78 is 63.7. The first-order chi connectivity index (χ1) is 15.5. The van der Waals surface area contributed by atoms with E-state index in [1.165, 1.54) is 48.2 Å². The molecule has 0 aliphatic carbocycles. The lowest BCUT2D eigenvalue weighted by Gasteiger charge is -2.15. The Morgan fingerprint density at radius 1 is 0.970 bits per heavy atom. The number of sulfone groups is 1. The summed E-state index contributed by atoms with van der Waals surface area (Å²) in [5.74, 6) is 0.206. The lowest BCUT2D eigenvalue weighted by atomic mass is 10.2. The fourth-order valence-corrected chi connectivity index (χ4v) is 5.80. The van der Waals surface area contributed by atoms with Crippen LogP contribution in [0.2, 0.25) is 5.02 Å². The second-order valence-corrected chi connectivity index (χ2v) is 10.9. The Balaban J connectivity index is 1.62. The number of halogens is 4. The standard InChI is InChI=1S/C22H18ClF3N2O2S3/c23-16-8-10-18(11-9-16)33(29,30)13-12-32-20-7-2-1-6-19(20)28-21(31)27-17-5-3-4-15(14-17)22(24,25)26/h1-11,14H,12-13H2,(H2,27,28,31). The first-order valence-corrected chi connectivity index (χ1v) is 12.9. The first-order valence-electron chi connectivity index (χ1n) is 9.50. The number of thiocarbonyl (C=S) groups is 1. The van der Waals surface area contributed by atoms with Crippen molar-refractivity contribution in [2.75, 3.05) is 22.1 Å². The number of rotatable bonds is 7. The molecule has 0 aromatic heterocycles. The van der Waals surface area contributed by atoms with E-state index in [2.05, 4.69) is 10.6 Å². The van der Waals surface area contributed by atoms with Gasteiger partial charge < -0.3 is 10.6 Å². The summed E-state index contributed by atoms with van der Waals surface area (Å²) in [5, 5.41) is 6.26. The molecule has 33 heavy (non-hydrogen) atoms. The van der Waals surface area contributed by atoms with E-state index in [1.807, 2.05) is 0 Å². The molecule has 4 nitrogen and oxygen atoms in total. The molecule has 0 atom stereocenters. The first kappa shape index (κ1) is 25.4. The third kappa shape index (κ3) is 7.36. The number of thioether (sulfide) groups is 1. The third-order valence-electron chi connectivity index (χ3n) is 4.37. The van der Waals surface area contributed by atoms with E-state index in [0.717, 1.165) is 17.0 Å². The highest BCUT2D eigenvalue weighted by atomic mass is 35.5. The zero-order valence-electron chi connectivity index (χ0n) is 16.9. The maximum Gasteiger partial charge on any atom is 0.416 e. The van der Waals surface area contributed by atoms with Crippen LogP contribution in [0.1, 0.15) is 5.56 Å². The SMILES string of the molecule is O=S(=O)(CCSc1ccccc1NC(=S)Nc1cccc(C(F)(F)F)c1)c1ccc(Cl)cc1. The Bertz CT molecular complexity index is 1230. The quantitative estimate of drug-likeness (QED) is 0.261. The number of alkyl halides is 3. The van der Waals surface area contributed by atoms with E-state index in [9.17, 15) is 21.6 Å². The van der Waals surface area contributed by atoms with Crippen molar-refractivity contribution >= 4 is 61.9 Å². The van der Waals surface area contributed by atoms with Crippen molar-refractivity contribution in [1.29, 1.82) is 0 Å². The minimum absolute atomic E-state index is 0.0828. The Morgan fingerprint density at radius 3 is 2.36 bits per heavy atom. The lowest BCUT2D eigenvalue weighted by molar-refractivity contribution is -0.137. The summed E-state index contributed by atoms with van der Waals surface area (Å²) in [6.07, 6.45) is -4.46. The fraction of sp³-hybridized carbons (Fsp3) is 0.136. The van der Waals surface area contributed by atoms with E-state index in [4.69, 9.17) is 23.8 Å². The van der Waals surface area contributed by atoms with Crippen LogP contribution in [0.5, 0.6) is 0 Å². The molecule has 0 saturated carbocycles. The summed E-state index contributed by atoms with van der Waals surface area (Å²) in [6, 6.07) is 17.8. The summed E-state index contributed by atoms with van der Waals surface area (Å²) in [5.41, 5.74) is 0.0190. The number of nitrogens with one attached hydrogen (secondary N) is 2. The number of para-hydroxylation sites is 1. The van der Waals surface area contributed by atoms with Gasteiger partial charge in [-0.2, -0.15) is 13.2 Å². The summed E-state index contributed by atoms with van der Waals surface area (Å²) in [6.45, 7) is 0. The molecule has 0 radical (unpaired) electrons. The van der Waals surface area contributed by atoms with E-state index < -0.39 is 21.6 Å². The minimum atomic E-state index is -4.46. The van der Waals surface area contributed by atoms with Crippen LogP contribution in [0.3, 0.4) is 0 Å². The largest absolute Gasteiger partial charge is 0.416 e. The molecular formula is C22H18ClF3N2O2S3. The molecule has 0 bridgehead atoms. The zero-order valence-corrected chi connectivity index (χ0v) is 20.1. The Morgan fingerprint density at radius 2 is 1.67 bits per heavy atom. The second-order valence-electron chi connectivity index (χ2n) is 6.78. The average Bonchev–Trinajstić information content (AvgIpc) is 2.75. The predicted octanol–water partition coefficient (Wildman–Crippen LogP) is 6.73. The molecule has 0 fully saturated rings. The molecule has 0 aliphatic heterocycles. The smallest absolute Gasteiger partial charge is 0.332 e. The molecule has 0 spiro atoms. The molecule has 3 rings (SSSR count). The van der Waals surface area contributed by atoms with E-state index >= 15 is 0 Å². The summed E-state index contributed by atoms with van der Waals surface area (Å²) >= 11 is 12.4. The van der Waals surface area contributed by atoms with Crippen molar-refractivity contribution in [3.8, 4) is 0 Å². The monoisotopic (exact) mass is 530 g/mol. The van der Waals surface area contributed by atoms with Gasteiger partial charge >= 0.3 is 6.18 Å². The van der Waals surface area contributed by atoms with Crippen molar-refractivity contribution in [3.63, 3.8) is 0 Å². The molecule has 174 valence electrons. The maximum atomic E-state index is 12.9. The highest BCUT2D eigenvalue weighted by Crippen LogP contribution is 2.31. The Hall–Kier alpha value is -2.27. The molecular weight excluding hydrogens is 513 g/mol. The minimum Gasteiger partial charge on any atom is -0.332 e. The topological polar surface area (TPSA) is 58.2 Å². The van der Waals surface area contributed by atoms with E-state index in [1.54, 1.807) is 24.3 Å². The van der Waals surface area contributed by atoms with Gasteiger partial charge in [-0.25, -0.2) is 8.42 Å². The third-order valence-corrected chi connectivity index (χ3v) is 7.89. The maximum absolute atomic E-state index is 12.9. The van der Waals surface area contributed by atoms with Gasteiger partial charge in [0.2, 0.25) is 0 Å². The van der Waals surface area contributed by atoms with Crippen molar-refractivity contribution < 1.29 is 21.6 Å². The second kappa shape index (κ2) is 10.8. The van der Waals surface area contributed by atoms with Gasteiger partial charge in [-0.1, -0.05) is 29.8 Å². The molecule has 0 amide bonds. The van der Waals surface area contributed by atoms with Crippen LogP contribution < -0.4 is 10.6 Å². The highest BCUT2D eigenvalue weighted by molar-refractivity contribution is 8.00. The van der Waals surface area contributed by atoms with Crippen LogP contribution in [0, 0.1) is 0 Å². The zero-order chi connectivity index (χ0) is 24.1. The number of anilines is 2. The van der Waals surface area contributed by atoms with Gasteiger partial charge in [0.25, 0.3) is 0 Å². The predicted molar refractivity (Wildman–Crippen MR) is 132 cm³/mol. The molecule has 3 aromatic rings. The van der Waals surface area contributed by atoms with Crippen LogP contribution in [0.4, 0.5) is 24.5 Å². The van der Waals surface area contributed by atoms with Gasteiger partial charge in [0, 0.05) is 21.4 Å². The number of hydrogen-bond acceptors (Lipinski definition) is 4. The van der Waals surface area contributed by atoms with Crippen molar-refractivity contribution in [1.82, 2.24) is 0 Å². The van der Waals surface area contributed by atoms with Crippen LogP contribution in [-0.4, -0.2) is 25.0 Å². The van der Waals surface area contributed by atoms with E-state index in [-0.39, 0.29) is 27.2 Å². The van der Waals surface area contributed by atoms with Gasteiger partial charge in [-0.05, 0) is 66.8 Å². The van der Waals surface area contributed by atoms with Crippen molar-refractivity contribution in [2.24, 2.45) is 0 Å². The van der Waals surface area contributed by atoms with E-state index in [0.29, 0.717) is 10.7 Å². The van der Waals surface area contributed by atoms with Gasteiger partial charge in [-0.3, -0.25) is 0 Å². The van der Waals surface area contributed by atoms with Gasteiger partial charge in [0.15, 0.2) is 14.9 Å². The molecule has 0 heterocycles. The summed E-state index contributed by atoms with van der Waals surface area (Å²) in [4.78, 5) is 0.947. The fourth-order valence-electron chi connectivity index (χ4n) is 2.77. The van der Waals surface area contributed by atoms with Gasteiger partial charge in [0.05, 0.1) is 21.9 Å². The summed E-state index contributed by atoms with van der Waals surface area (Å²) in [7, 11) is -3.47. The molecule has 3 aromatic carbocycles. The van der Waals surface area contributed by atoms with Gasteiger partial charge in [-0.15, -0.1) is 11.8 Å². The molecule has 0 saturated heterocycles. The molecule has 11 heteroatoms. The molecule has 0 unspecified atom stereocenters. The molecule has 0 aliphatic rings. The molecule has 2 N–H and O–H groups in total.